The molecule has 0 heterocycles. The number of carboxylic acids is 2. The van der Waals surface area contributed by atoms with E-state index in [9.17, 15) is 5.11 Å². The van der Waals surface area contributed by atoms with E-state index in [-0.39, 0.29) is 44.7 Å². The van der Waals surface area contributed by atoms with Crippen LogP contribution in [-0.4, -0.2) is 106 Å². The summed E-state index contributed by atoms with van der Waals surface area (Å²) >= 11 is 0. The molecule has 0 aliphatic heterocycles. The largest absolute Gasteiger partial charge is 2.00 e. The summed E-state index contributed by atoms with van der Waals surface area (Å²) in [4.78, 5) is 26.5. The molecule has 0 atom stereocenters. The molecule has 306 valence electrons. The van der Waals surface area contributed by atoms with E-state index in [0.717, 1.165) is 51.2 Å². The molecule has 12 heteroatoms. The minimum absolute atomic E-state index is 0. The van der Waals surface area contributed by atoms with E-state index in [4.69, 9.17) is 19.8 Å². The first-order valence-electron chi connectivity index (χ1n) is 19.3. The topological polar surface area (TPSA) is 116 Å². The van der Waals surface area contributed by atoms with Gasteiger partial charge in [-0.05, 0) is 74.2 Å². The zero-order valence-corrected chi connectivity index (χ0v) is 42.7. The standard InChI is InChI=1S/C24H20B.C19H36N4O.2C2H4O2.2Zn/c1-5-13-21(14-6-1)25(22-15-7-2-8-16-22,23-17-9-3-10-18-23)24-19-11-4-12-20-24;1-16-12-17(14-22(6)10-8-20(2)3)19(24)18(13-16)15-23(7)11-9-21(4)5;2*1-2(3)4;;/h1-20H;12-13,24H,8-11,14-15H2,1-7H3;2*1H3,(H,3,4);;/q-1;;;;2*+2/p-3. The molecule has 0 aliphatic carbocycles. The SMILES string of the molecule is CC(=O)[O-].CC(=O)[O-].Cc1cc(CN(C)CCN(C)C)c([O-])c(CN(C)CCN(C)C)c1.[Zn+2].[Zn+2].c1ccc([B-](c2ccccc2)(c2ccccc2)c2ccccc2)cc1. The molecule has 0 fully saturated rings. The van der Waals surface area contributed by atoms with E-state index in [1.807, 2.05) is 12.1 Å². The van der Waals surface area contributed by atoms with Crippen LogP contribution in [0.2, 0.25) is 0 Å². The molecule has 5 aromatic carbocycles. The Kier molecular flexibility index (Phi) is 27.3. The number of hydrogen-bond donors (Lipinski definition) is 0. The monoisotopic (exact) mass is 900 g/mol. The third kappa shape index (κ3) is 19.7. The first kappa shape index (κ1) is 55.0. The number of aryl methyl sites for hydroxylation is 1. The van der Waals surface area contributed by atoms with Crippen LogP contribution in [0.5, 0.6) is 5.75 Å². The van der Waals surface area contributed by atoms with Crippen LogP contribution in [0, 0.1) is 6.92 Å². The zero-order chi connectivity index (χ0) is 42.4. The molecule has 5 aromatic rings. The van der Waals surface area contributed by atoms with Crippen LogP contribution in [-0.2, 0) is 61.6 Å². The molecule has 0 saturated heterocycles. The summed E-state index contributed by atoms with van der Waals surface area (Å²) in [7, 11) is 12.4. The number of likely N-dealkylation sites (N-methyl/N-ethyl adjacent to an activating group) is 4. The third-order valence-corrected chi connectivity index (χ3v) is 9.32. The summed E-state index contributed by atoms with van der Waals surface area (Å²) in [5.41, 5.74) is 8.34. The number of aliphatic carboxylic acids is 2. The van der Waals surface area contributed by atoms with Crippen molar-refractivity contribution >= 4 is 39.9 Å². The summed E-state index contributed by atoms with van der Waals surface area (Å²) < 4.78 is 0. The number of carbonyl (C=O) groups excluding carboxylic acids is 2. The maximum absolute atomic E-state index is 12.8. The van der Waals surface area contributed by atoms with Crippen molar-refractivity contribution < 1.29 is 63.9 Å². The summed E-state index contributed by atoms with van der Waals surface area (Å²) in [6.45, 7) is 9.35. The Morgan fingerprint density at radius 3 is 0.949 bits per heavy atom. The van der Waals surface area contributed by atoms with Gasteiger partial charge >= 0.3 is 39.0 Å². The smallest absolute Gasteiger partial charge is 0.872 e. The van der Waals surface area contributed by atoms with Crippen molar-refractivity contribution in [2.75, 3.05) is 68.5 Å². The fourth-order valence-electron chi connectivity index (χ4n) is 6.77. The molecule has 9 nitrogen and oxygen atoms in total. The van der Waals surface area contributed by atoms with E-state index in [1.165, 1.54) is 27.4 Å². The van der Waals surface area contributed by atoms with Crippen LogP contribution < -0.4 is 37.2 Å². The summed E-state index contributed by atoms with van der Waals surface area (Å²) in [6.07, 6.45) is -1.22. The number of hydrogen-bond acceptors (Lipinski definition) is 9. The van der Waals surface area contributed by atoms with Crippen molar-refractivity contribution in [3.63, 3.8) is 0 Å². The molecular weight excluding hydrogens is 842 g/mol. The van der Waals surface area contributed by atoms with Crippen LogP contribution >= 0.6 is 0 Å². The van der Waals surface area contributed by atoms with Crippen molar-refractivity contribution in [2.45, 2.75) is 33.9 Å². The Labute approximate surface area is 379 Å². The van der Waals surface area contributed by atoms with Crippen LogP contribution in [0.3, 0.4) is 0 Å². The number of carboxylic acid groups (broad SMARTS) is 2. The Hall–Kier alpha value is -4.01. The minimum Gasteiger partial charge on any atom is -0.872 e. The van der Waals surface area contributed by atoms with Gasteiger partial charge in [-0.2, -0.15) is 21.9 Å². The summed E-state index contributed by atoms with van der Waals surface area (Å²) in [5.74, 6) is -1.96. The predicted molar refractivity (Wildman–Crippen MR) is 232 cm³/mol. The fraction of sp³-hybridized carbons (Fsp3) is 0.319. The maximum atomic E-state index is 12.8. The van der Waals surface area contributed by atoms with Gasteiger partial charge in [-0.3, -0.25) is 0 Å². The summed E-state index contributed by atoms with van der Waals surface area (Å²) in [5, 5.41) is 30.6. The van der Waals surface area contributed by atoms with Gasteiger partial charge in [0.2, 0.25) is 0 Å². The molecule has 0 aliphatic rings. The van der Waals surface area contributed by atoms with Gasteiger partial charge in [0.25, 0.3) is 0 Å². The Morgan fingerprint density at radius 1 is 0.492 bits per heavy atom. The first-order valence-corrected chi connectivity index (χ1v) is 19.3. The molecule has 59 heavy (non-hydrogen) atoms. The molecule has 0 N–H and O–H groups in total. The Morgan fingerprint density at radius 2 is 0.729 bits per heavy atom. The normalized spacial score (nSPS) is 10.5. The molecular formula is C47H61BN4O5Zn2. The second-order valence-electron chi connectivity index (χ2n) is 15.0. The molecule has 0 unspecified atom stereocenters. The van der Waals surface area contributed by atoms with Gasteiger partial charge in [0.1, 0.15) is 6.15 Å². The van der Waals surface area contributed by atoms with E-state index in [1.54, 1.807) is 0 Å². The third-order valence-electron chi connectivity index (χ3n) is 9.32. The van der Waals surface area contributed by atoms with Crippen molar-refractivity contribution in [1.29, 1.82) is 0 Å². The van der Waals surface area contributed by atoms with Crippen molar-refractivity contribution in [3.05, 3.63) is 150 Å². The number of rotatable bonds is 14. The molecule has 0 aromatic heterocycles. The molecule has 0 radical (unpaired) electrons. The van der Waals surface area contributed by atoms with Gasteiger partial charge < -0.3 is 44.5 Å². The number of nitrogens with zero attached hydrogens (tertiary/aromatic N) is 4. The van der Waals surface area contributed by atoms with Crippen LogP contribution in [0.1, 0.15) is 30.5 Å². The fourth-order valence-corrected chi connectivity index (χ4v) is 6.77. The van der Waals surface area contributed by atoms with Crippen molar-refractivity contribution in [2.24, 2.45) is 0 Å². The van der Waals surface area contributed by atoms with E-state index in [0.29, 0.717) is 13.1 Å². The molecule has 0 spiro atoms. The van der Waals surface area contributed by atoms with Gasteiger partial charge in [0.15, 0.2) is 0 Å². The van der Waals surface area contributed by atoms with Gasteiger partial charge in [-0.25, -0.2) is 0 Å². The van der Waals surface area contributed by atoms with Crippen LogP contribution in [0.25, 0.3) is 0 Å². The second kappa shape index (κ2) is 29.3. The van der Waals surface area contributed by atoms with Gasteiger partial charge in [0, 0.05) is 51.2 Å². The number of carbonyl (C=O) groups is 2. The molecule has 5 rings (SSSR count). The second-order valence-corrected chi connectivity index (χ2v) is 15.0. The van der Waals surface area contributed by atoms with Gasteiger partial charge in [0.05, 0.1) is 0 Å². The average Bonchev–Trinajstić information content (AvgIpc) is 3.17. The van der Waals surface area contributed by atoms with Gasteiger partial charge in [-0.1, -0.05) is 145 Å². The average molecular weight is 904 g/mol. The zero-order valence-electron chi connectivity index (χ0n) is 36.8. The Bertz CT molecular complexity index is 1670. The molecule has 0 saturated carbocycles. The van der Waals surface area contributed by atoms with Crippen molar-refractivity contribution in [3.8, 4) is 5.75 Å². The minimum atomic E-state index is -1.22. The molecule has 0 bridgehead atoms. The summed E-state index contributed by atoms with van der Waals surface area (Å²) in [6, 6.07) is 47.6. The van der Waals surface area contributed by atoms with E-state index in [2.05, 4.69) is 190 Å². The van der Waals surface area contributed by atoms with Crippen LogP contribution in [0.4, 0.5) is 0 Å². The predicted octanol–water partition coefficient (Wildman–Crippen LogP) is 1.63. The van der Waals surface area contributed by atoms with Gasteiger partial charge in [-0.15, -0.1) is 0 Å². The van der Waals surface area contributed by atoms with Crippen molar-refractivity contribution in [1.82, 2.24) is 19.6 Å². The first-order chi connectivity index (χ1) is 27.1. The number of benzene rings is 5. The quantitative estimate of drug-likeness (QED) is 0.154. The van der Waals surface area contributed by atoms with E-state index >= 15 is 0 Å². The Balaban J connectivity index is 0.000000939. The van der Waals surface area contributed by atoms with Crippen LogP contribution in [0.15, 0.2) is 133 Å². The van der Waals surface area contributed by atoms with E-state index < -0.39 is 18.1 Å². The molecule has 0 amide bonds. The maximum Gasteiger partial charge on any atom is 2.00 e.